The summed E-state index contributed by atoms with van der Waals surface area (Å²) in [6, 6.07) is 59.1. The van der Waals surface area contributed by atoms with E-state index in [4.69, 9.17) is 14.7 Å². The molecule has 2 heterocycles. The van der Waals surface area contributed by atoms with Crippen molar-refractivity contribution < 1.29 is 4.74 Å². The molecule has 3 nitrogen and oxygen atoms in total. The Morgan fingerprint density at radius 2 is 0.851 bits per heavy atom. The molecule has 0 bridgehead atoms. The quantitative estimate of drug-likeness (QED) is 0.197. The molecule has 3 heteroatoms. The van der Waals surface area contributed by atoms with Crippen LogP contribution >= 0.6 is 0 Å². The zero-order valence-electron chi connectivity index (χ0n) is 25.5. The van der Waals surface area contributed by atoms with Gasteiger partial charge in [-0.1, -0.05) is 140 Å². The van der Waals surface area contributed by atoms with Crippen molar-refractivity contribution in [1.29, 1.82) is 0 Å². The van der Waals surface area contributed by atoms with Crippen LogP contribution in [0.3, 0.4) is 0 Å². The van der Waals surface area contributed by atoms with Crippen LogP contribution in [0.4, 0.5) is 0 Å². The van der Waals surface area contributed by atoms with Gasteiger partial charge >= 0.3 is 0 Å². The minimum Gasteiger partial charge on any atom is -0.456 e. The molecule has 220 valence electrons. The molecule has 0 amide bonds. The largest absolute Gasteiger partial charge is 0.456 e. The first-order chi connectivity index (χ1) is 23.3. The fourth-order valence-electron chi connectivity index (χ4n) is 6.50. The predicted octanol–water partition coefficient (Wildman–Crippen LogP) is 11.7. The van der Waals surface area contributed by atoms with Crippen LogP contribution < -0.4 is 4.74 Å². The van der Waals surface area contributed by atoms with Crippen LogP contribution in [0.1, 0.15) is 0 Å². The molecule has 1 aromatic heterocycles. The van der Waals surface area contributed by atoms with Gasteiger partial charge in [0.15, 0.2) is 5.82 Å². The molecule has 9 rings (SSSR count). The highest BCUT2D eigenvalue weighted by molar-refractivity contribution is 6.04. The van der Waals surface area contributed by atoms with Gasteiger partial charge in [0, 0.05) is 27.6 Å². The fourth-order valence-corrected chi connectivity index (χ4v) is 6.50. The van der Waals surface area contributed by atoms with E-state index in [0.29, 0.717) is 5.82 Å². The Labute approximate surface area is 273 Å². The highest BCUT2D eigenvalue weighted by Gasteiger charge is 2.21. The maximum absolute atomic E-state index is 6.38. The second-order valence-electron chi connectivity index (χ2n) is 11.8. The molecule has 0 atom stereocenters. The summed E-state index contributed by atoms with van der Waals surface area (Å²) in [5.41, 5.74) is 11.7. The van der Waals surface area contributed by atoms with Crippen molar-refractivity contribution in [2.45, 2.75) is 0 Å². The van der Waals surface area contributed by atoms with Crippen molar-refractivity contribution in [3.8, 4) is 78.8 Å². The maximum Gasteiger partial charge on any atom is 0.160 e. The zero-order chi connectivity index (χ0) is 31.2. The highest BCUT2D eigenvalue weighted by atomic mass is 16.5. The maximum atomic E-state index is 6.38. The van der Waals surface area contributed by atoms with E-state index in [0.717, 1.165) is 61.5 Å². The van der Waals surface area contributed by atoms with Gasteiger partial charge in [-0.3, -0.25) is 0 Å². The molecule has 8 aromatic rings. The second kappa shape index (κ2) is 11.2. The topological polar surface area (TPSA) is 35.0 Å². The van der Waals surface area contributed by atoms with Crippen LogP contribution in [0, 0.1) is 0 Å². The first-order valence-corrected chi connectivity index (χ1v) is 15.8. The SMILES string of the molecule is c1ccc(-c2ccc(-c3cc(-c4ccc(-c5ccccc5)cc4)nc(-c4ccc5c(c4)-c4cccc6cccc(c46)O5)n3)cc2)cc1. The summed E-state index contributed by atoms with van der Waals surface area (Å²) in [5, 5.41) is 2.29. The lowest BCUT2D eigenvalue weighted by Gasteiger charge is -2.21. The second-order valence-corrected chi connectivity index (χ2v) is 11.8. The van der Waals surface area contributed by atoms with Crippen LogP contribution in [0.2, 0.25) is 0 Å². The van der Waals surface area contributed by atoms with Crippen LogP contribution in [-0.4, -0.2) is 9.97 Å². The molecule has 0 spiro atoms. The van der Waals surface area contributed by atoms with Crippen molar-refractivity contribution in [2.75, 3.05) is 0 Å². The molecule has 0 N–H and O–H groups in total. The molecule has 1 aliphatic rings. The van der Waals surface area contributed by atoms with Crippen LogP contribution in [-0.2, 0) is 0 Å². The Hall–Kier alpha value is -6.32. The van der Waals surface area contributed by atoms with Crippen LogP contribution in [0.25, 0.3) is 78.1 Å². The van der Waals surface area contributed by atoms with E-state index in [2.05, 4.69) is 140 Å². The highest BCUT2D eigenvalue weighted by Crippen LogP contribution is 2.47. The third-order valence-corrected chi connectivity index (χ3v) is 8.92. The number of hydrogen-bond donors (Lipinski definition) is 0. The number of benzene rings is 7. The Bertz CT molecular complexity index is 2290. The first kappa shape index (κ1) is 27.0. The number of hydrogen-bond acceptors (Lipinski definition) is 3. The molecule has 0 unspecified atom stereocenters. The van der Waals surface area contributed by atoms with Gasteiger partial charge in [0.2, 0.25) is 0 Å². The van der Waals surface area contributed by atoms with Gasteiger partial charge in [-0.05, 0) is 63.5 Å². The number of aromatic nitrogens is 2. The summed E-state index contributed by atoms with van der Waals surface area (Å²) in [6.07, 6.45) is 0. The van der Waals surface area contributed by atoms with E-state index in [9.17, 15) is 0 Å². The van der Waals surface area contributed by atoms with Crippen molar-refractivity contribution in [1.82, 2.24) is 9.97 Å². The van der Waals surface area contributed by atoms with E-state index in [1.165, 1.54) is 22.3 Å². The van der Waals surface area contributed by atoms with Crippen molar-refractivity contribution in [3.05, 3.63) is 170 Å². The third kappa shape index (κ3) is 4.95. The monoisotopic (exact) mass is 600 g/mol. The van der Waals surface area contributed by atoms with E-state index in [1.54, 1.807) is 0 Å². The Morgan fingerprint density at radius 1 is 0.340 bits per heavy atom. The lowest BCUT2D eigenvalue weighted by molar-refractivity contribution is 0.487. The smallest absolute Gasteiger partial charge is 0.160 e. The molecule has 47 heavy (non-hydrogen) atoms. The predicted molar refractivity (Wildman–Crippen MR) is 192 cm³/mol. The molecular formula is C44H28N2O. The summed E-state index contributed by atoms with van der Waals surface area (Å²) < 4.78 is 6.38. The van der Waals surface area contributed by atoms with Gasteiger partial charge in [0.05, 0.1) is 11.4 Å². The molecule has 0 fully saturated rings. The molecule has 0 saturated heterocycles. The van der Waals surface area contributed by atoms with Crippen LogP contribution in [0.15, 0.2) is 170 Å². The Kier molecular flexibility index (Phi) is 6.46. The molecule has 0 radical (unpaired) electrons. The first-order valence-electron chi connectivity index (χ1n) is 15.8. The average molecular weight is 601 g/mol. The third-order valence-electron chi connectivity index (χ3n) is 8.92. The zero-order valence-corrected chi connectivity index (χ0v) is 25.5. The van der Waals surface area contributed by atoms with E-state index in [-0.39, 0.29) is 0 Å². The molecule has 7 aromatic carbocycles. The van der Waals surface area contributed by atoms with Gasteiger partial charge in [-0.2, -0.15) is 0 Å². The Morgan fingerprint density at radius 3 is 1.45 bits per heavy atom. The molecule has 1 aliphatic heterocycles. The van der Waals surface area contributed by atoms with E-state index < -0.39 is 0 Å². The summed E-state index contributed by atoms with van der Waals surface area (Å²) in [4.78, 5) is 10.3. The molecule has 0 aliphatic carbocycles. The van der Waals surface area contributed by atoms with Gasteiger partial charge in [0.25, 0.3) is 0 Å². The van der Waals surface area contributed by atoms with Crippen molar-refractivity contribution >= 4 is 10.8 Å². The number of fused-ring (bicyclic) bond motifs is 2. The van der Waals surface area contributed by atoms with E-state index >= 15 is 0 Å². The lowest BCUT2D eigenvalue weighted by atomic mass is 9.93. The van der Waals surface area contributed by atoms with Gasteiger partial charge < -0.3 is 4.74 Å². The van der Waals surface area contributed by atoms with Crippen molar-refractivity contribution in [2.24, 2.45) is 0 Å². The van der Waals surface area contributed by atoms with Crippen LogP contribution in [0.5, 0.6) is 11.5 Å². The normalized spacial score (nSPS) is 11.6. The number of nitrogens with zero attached hydrogens (tertiary/aromatic N) is 2. The summed E-state index contributed by atoms with van der Waals surface area (Å²) in [5.74, 6) is 2.40. The number of ether oxygens (including phenoxy) is 1. The fraction of sp³-hybridized carbons (Fsp3) is 0. The minimum absolute atomic E-state index is 0.672. The van der Waals surface area contributed by atoms with Crippen molar-refractivity contribution in [3.63, 3.8) is 0 Å². The summed E-state index contributed by atoms with van der Waals surface area (Å²) in [6.45, 7) is 0. The summed E-state index contributed by atoms with van der Waals surface area (Å²) >= 11 is 0. The van der Waals surface area contributed by atoms with E-state index in [1.807, 2.05) is 30.3 Å². The minimum atomic E-state index is 0.672. The van der Waals surface area contributed by atoms with Gasteiger partial charge in [0.1, 0.15) is 11.5 Å². The summed E-state index contributed by atoms with van der Waals surface area (Å²) in [7, 11) is 0. The molecular weight excluding hydrogens is 572 g/mol. The average Bonchev–Trinajstić information content (AvgIpc) is 3.16. The lowest BCUT2D eigenvalue weighted by Crippen LogP contribution is -1.99. The standard InChI is InChI=1S/C44H28N2O/c1-3-9-29(10-4-1)31-17-21-33(22-18-31)39-28-40(34-23-19-32(20-24-34)30-11-5-2-6-12-30)46-44(45-39)36-25-26-41-38(27-36)37-15-7-13-35-14-8-16-42(47-41)43(35)37/h1-28H. The van der Waals surface area contributed by atoms with Gasteiger partial charge in [-0.15, -0.1) is 0 Å². The Balaban J connectivity index is 1.17. The molecule has 0 saturated carbocycles. The van der Waals surface area contributed by atoms with Gasteiger partial charge in [-0.25, -0.2) is 9.97 Å². The number of rotatable bonds is 5.